The molecule has 1 saturated heterocycles. The zero-order chi connectivity index (χ0) is 28.5. The Bertz CT molecular complexity index is 912. The first-order chi connectivity index (χ1) is 18.6. The Morgan fingerprint density at radius 1 is 1.23 bits per heavy atom. The minimum Gasteiger partial charge on any atom is -0.385 e. The highest BCUT2D eigenvalue weighted by Crippen LogP contribution is 2.41. The molecule has 1 aliphatic carbocycles. The molecule has 3 atom stereocenters. The number of hydrogen-bond donors (Lipinski definition) is 3. The van der Waals surface area contributed by atoms with Gasteiger partial charge in [0.25, 0.3) is 0 Å². The Morgan fingerprint density at radius 3 is 2.67 bits per heavy atom. The maximum absolute atomic E-state index is 15.0. The molecule has 1 aromatic rings. The van der Waals surface area contributed by atoms with E-state index in [-0.39, 0.29) is 49.4 Å². The summed E-state index contributed by atoms with van der Waals surface area (Å²) in [7, 11) is 1.78. The van der Waals surface area contributed by atoms with Crippen LogP contribution in [-0.4, -0.2) is 67.9 Å². The molecule has 2 fully saturated rings. The van der Waals surface area contributed by atoms with Crippen LogP contribution in [0, 0.1) is 23.5 Å². The molecular weight excluding hydrogens is 514 g/mol. The van der Waals surface area contributed by atoms with Crippen molar-refractivity contribution >= 4 is 6.03 Å². The average molecular weight is 560 g/mol. The quantitative estimate of drug-likeness (QED) is 0.218. The van der Waals surface area contributed by atoms with Crippen LogP contribution in [0.4, 0.5) is 22.4 Å². The fraction of sp³-hybridized carbons (Fsp3) is 0.759. The lowest BCUT2D eigenvalue weighted by molar-refractivity contribution is -0.0595. The van der Waals surface area contributed by atoms with Gasteiger partial charge in [0.2, 0.25) is 5.92 Å². The number of urea groups is 1. The van der Waals surface area contributed by atoms with Crippen molar-refractivity contribution in [3.8, 4) is 0 Å². The number of unbranched alkanes of at least 4 members (excludes halogenated alkanes) is 1. The summed E-state index contributed by atoms with van der Waals surface area (Å²) in [6.07, 6.45) is 3.87. The van der Waals surface area contributed by atoms with Gasteiger partial charge in [0.05, 0.1) is 5.60 Å². The highest BCUT2D eigenvalue weighted by molar-refractivity contribution is 5.74. The van der Waals surface area contributed by atoms with E-state index in [1.165, 1.54) is 12.1 Å². The van der Waals surface area contributed by atoms with Crippen LogP contribution in [0.3, 0.4) is 0 Å². The number of likely N-dealkylation sites (N-methyl/N-ethyl adjacent to an activating group) is 1. The van der Waals surface area contributed by atoms with Gasteiger partial charge >= 0.3 is 6.03 Å². The molecule has 0 spiro atoms. The molecule has 39 heavy (non-hydrogen) atoms. The molecule has 1 aliphatic heterocycles. The van der Waals surface area contributed by atoms with Gasteiger partial charge in [-0.1, -0.05) is 12.1 Å². The van der Waals surface area contributed by atoms with Crippen LogP contribution in [0.2, 0.25) is 0 Å². The fourth-order valence-corrected chi connectivity index (χ4v) is 6.13. The van der Waals surface area contributed by atoms with Crippen LogP contribution in [0.25, 0.3) is 0 Å². The van der Waals surface area contributed by atoms with E-state index in [0.717, 1.165) is 6.07 Å². The minimum atomic E-state index is -2.60. The second-order valence-electron chi connectivity index (χ2n) is 11.2. The zero-order valence-corrected chi connectivity index (χ0v) is 23.3. The Balaban J connectivity index is 1.69. The third-order valence-electron chi connectivity index (χ3n) is 8.34. The highest BCUT2D eigenvalue weighted by atomic mass is 19.3. The molecule has 1 heterocycles. The van der Waals surface area contributed by atoms with E-state index in [9.17, 15) is 27.5 Å². The lowest BCUT2D eigenvalue weighted by atomic mass is 9.74. The van der Waals surface area contributed by atoms with Gasteiger partial charge in [0, 0.05) is 63.2 Å². The molecule has 0 radical (unpaired) electrons. The maximum atomic E-state index is 15.0. The number of carbonyl (C=O) groups excluding carboxylic acids is 1. The van der Waals surface area contributed by atoms with Crippen LogP contribution in [0.5, 0.6) is 0 Å². The third kappa shape index (κ3) is 8.79. The lowest BCUT2D eigenvalue weighted by Gasteiger charge is -2.43. The maximum Gasteiger partial charge on any atom is 0.317 e. The first-order valence-electron chi connectivity index (χ1n) is 14.4. The van der Waals surface area contributed by atoms with E-state index >= 15 is 0 Å². The number of rotatable bonds is 13. The van der Waals surface area contributed by atoms with E-state index in [2.05, 4.69) is 10.6 Å². The monoisotopic (exact) mass is 559 g/mol. The summed E-state index contributed by atoms with van der Waals surface area (Å²) in [6, 6.07) is 3.34. The standard InChI is InChI=1S/C29H45F4N3O3/c1-3-39-17-5-4-13-29(38,24-9-6-10-25(30)26(24)31)22-8-7-16-36(20-22)27(37)35-23(19-34-2)18-21-11-14-28(32,33)15-12-21/h6,9-10,21-23,34,38H,3-5,7-8,11-20H2,1-2H3,(H,35,37)/t22-,23+,29?/m1/s1. The van der Waals surface area contributed by atoms with Gasteiger partial charge in [0.1, 0.15) is 0 Å². The number of piperidine rings is 1. The number of likely N-dealkylation sites (tertiary alicyclic amines) is 1. The van der Waals surface area contributed by atoms with E-state index in [0.29, 0.717) is 71.2 Å². The zero-order valence-electron chi connectivity index (χ0n) is 23.3. The largest absolute Gasteiger partial charge is 0.385 e. The Hall–Kier alpha value is -1.91. The molecule has 2 amide bonds. The topological polar surface area (TPSA) is 73.8 Å². The summed E-state index contributed by atoms with van der Waals surface area (Å²) in [4.78, 5) is 15.0. The summed E-state index contributed by atoms with van der Waals surface area (Å²) >= 11 is 0. The average Bonchev–Trinajstić information content (AvgIpc) is 2.91. The molecule has 3 N–H and O–H groups in total. The van der Waals surface area contributed by atoms with Crippen molar-refractivity contribution in [1.82, 2.24) is 15.5 Å². The summed E-state index contributed by atoms with van der Waals surface area (Å²) in [5.41, 5.74) is -1.72. The van der Waals surface area contributed by atoms with E-state index in [1.54, 1.807) is 11.9 Å². The van der Waals surface area contributed by atoms with Crippen molar-refractivity contribution in [1.29, 1.82) is 0 Å². The van der Waals surface area contributed by atoms with Crippen molar-refractivity contribution in [3.63, 3.8) is 0 Å². The van der Waals surface area contributed by atoms with Crippen LogP contribution in [0.15, 0.2) is 18.2 Å². The normalized spacial score (nSPS) is 22.3. The molecule has 2 aliphatic rings. The highest BCUT2D eigenvalue weighted by Gasteiger charge is 2.43. The van der Waals surface area contributed by atoms with E-state index in [1.807, 2.05) is 6.92 Å². The number of amides is 2. The molecule has 0 aromatic heterocycles. The Kier molecular flexibility index (Phi) is 11.9. The lowest BCUT2D eigenvalue weighted by Crippen LogP contribution is -2.54. The number of ether oxygens (including phenoxy) is 1. The van der Waals surface area contributed by atoms with E-state index < -0.39 is 29.1 Å². The number of nitrogens with zero attached hydrogens (tertiary/aromatic N) is 1. The fourth-order valence-electron chi connectivity index (χ4n) is 6.13. The van der Waals surface area contributed by atoms with Gasteiger partial charge in [0.15, 0.2) is 11.6 Å². The van der Waals surface area contributed by atoms with Crippen LogP contribution >= 0.6 is 0 Å². The second kappa shape index (κ2) is 14.6. The molecule has 6 nitrogen and oxygen atoms in total. The van der Waals surface area contributed by atoms with Gasteiger partial charge in [-0.05, 0) is 77.3 Å². The number of benzene rings is 1. The number of alkyl halides is 2. The van der Waals surface area contributed by atoms with Crippen molar-refractivity contribution in [2.45, 2.75) is 88.7 Å². The SMILES string of the molecule is CCOCCCCC(O)(c1cccc(F)c1F)[C@@H]1CCCN(C(=O)N[C@H](CNC)CC2CCC(F)(F)CC2)C1. The van der Waals surface area contributed by atoms with Gasteiger partial charge in [-0.3, -0.25) is 0 Å². The number of halogens is 4. The van der Waals surface area contributed by atoms with Crippen LogP contribution in [0.1, 0.15) is 76.7 Å². The molecule has 1 unspecified atom stereocenters. The van der Waals surface area contributed by atoms with Crippen molar-refractivity contribution < 1.29 is 32.2 Å². The Morgan fingerprint density at radius 2 is 1.97 bits per heavy atom. The van der Waals surface area contributed by atoms with Crippen molar-refractivity contribution in [2.75, 3.05) is 39.9 Å². The van der Waals surface area contributed by atoms with Gasteiger partial charge in [-0.15, -0.1) is 0 Å². The first-order valence-corrected chi connectivity index (χ1v) is 14.4. The summed E-state index contributed by atoms with van der Waals surface area (Å²) in [5, 5.41) is 18.1. The van der Waals surface area contributed by atoms with Crippen molar-refractivity contribution in [2.24, 2.45) is 11.8 Å². The predicted molar refractivity (Wildman–Crippen MR) is 143 cm³/mol. The smallest absolute Gasteiger partial charge is 0.317 e. The number of hydrogen-bond acceptors (Lipinski definition) is 4. The molecule has 1 saturated carbocycles. The first kappa shape index (κ1) is 31.6. The van der Waals surface area contributed by atoms with Crippen LogP contribution < -0.4 is 10.6 Å². The molecular formula is C29H45F4N3O3. The van der Waals surface area contributed by atoms with Gasteiger partial charge in [-0.2, -0.15) is 0 Å². The number of carbonyl (C=O) groups is 1. The second-order valence-corrected chi connectivity index (χ2v) is 11.2. The minimum absolute atomic E-state index is 0.0756. The van der Waals surface area contributed by atoms with Crippen molar-refractivity contribution in [3.05, 3.63) is 35.4 Å². The molecule has 3 rings (SSSR count). The predicted octanol–water partition coefficient (Wildman–Crippen LogP) is 5.58. The number of aliphatic hydroxyl groups is 1. The molecule has 0 bridgehead atoms. The Labute approximate surface area is 229 Å². The molecule has 222 valence electrons. The van der Waals surface area contributed by atoms with Gasteiger partial charge in [-0.25, -0.2) is 22.4 Å². The summed E-state index contributed by atoms with van der Waals surface area (Å²) in [5.74, 6) is -5.03. The number of nitrogens with one attached hydrogen (secondary N) is 2. The summed E-state index contributed by atoms with van der Waals surface area (Å²) < 4.78 is 61.7. The molecule has 10 heteroatoms. The third-order valence-corrected chi connectivity index (χ3v) is 8.34. The van der Waals surface area contributed by atoms with Crippen LogP contribution in [-0.2, 0) is 10.3 Å². The van der Waals surface area contributed by atoms with E-state index in [4.69, 9.17) is 4.74 Å². The molecule has 1 aromatic carbocycles. The summed E-state index contributed by atoms with van der Waals surface area (Å²) in [6.45, 7) is 4.19. The van der Waals surface area contributed by atoms with Gasteiger partial charge < -0.3 is 25.4 Å².